The van der Waals surface area contributed by atoms with Crippen molar-refractivity contribution in [2.75, 3.05) is 0 Å². The molecule has 1 aromatic carbocycles. The first kappa shape index (κ1) is 11.6. The second kappa shape index (κ2) is 4.96. The third kappa shape index (κ3) is 2.62. The van der Waals surface area contributed by atoms with Gasteiger partial charge in [-0.3, -0.25) is 0 Å². The van der Waals surface area contributed by atoms with Gasteiger partial charge in [0.1, 0.15) is 5.82 Å². The number of halogens is 3. The van der Waals surface area contributed by atoms with Gasteiger partial charge in [-0.2, -0.15) is 0 Å². The first-order valence-electron chi connectivity index (χ1n) is 5.25. The van der Waals surface area contributed by atoms with Crippen LogP contribution in [0.4, 0.5) is 4.39 Å². The maximum Gasteiger partial charge on any atom is 0.137 e. The highest BCUT2D eigenvalue weighted by Gasteiger charge is 2.25. The molecule has 1 aliphatic rings. The predicted octanol–water partition coefficient (Wildman–Crippen LogP) is 4.69. The van der Waals surface area contributed by atoms with Crippen LogP contribution in [-0.4, -0.2) is 4.83 Å². The highest BCUT2D eigenvalue weighted by molar-refractivity contribution is 9.10. The molecule has 1 aromatic rings. The number of alkyl halides is 1. The maximum absolute atomic E-state index is 13.3. The SMILES string of the molecule is Fc1cccc(CC2CCCC2Br)c1Br. The largest absolute Gasteiger partial charge is 0.206 e. The molecule has 1 saturated carbocycles. The molecule has 0 spiro atoms. The van der Waals surface area contributed by atoms with Gasteiger partial charge in [0, 0.05) is 4.83 Å². The molecule has 2 unspecified atom stereocenters. The Morgan fingerprint density at radius 2 is 2.13 bits per heavy atom. The zero-order valence-electron chi connectivity index (χ0n) is 8.35. The van der Waals surface area contributed by atoms with Crippen LogP contribution in [0.3, 0.4) is 0 Å². The second-order valence-electron chi connectivity index (χ2n) is 4.12. The Bertz CT molecular complexity index is 351. The van der Waals surface area contributed by atoms with E-state index in [4.69, 9.17) is 0 Å². The van der Waals surface area contributed by atoms with Crippen molar-refractivity contribution in [3.05, 3.63) is 34.1 Å². The van der Waals surface area contributed by atoms with E-state index in [2.05, 4.69) is 31.9 Å². The van der Waals surface area contributed by atoms with Crippen molar-refractivity contribution in [2.24, 2.45) is 5.92 Å². The molecule has 1 fully saturated rings. The zero-order valence-corrected chi connectivity index (χ0v) is 11.5. The molecule has 0 amide bonds. The van der Waals surface area contributed by atoms with Crippen LogP contribution in [0.5, 0.6) is 0 Å². The average Bonchev–Trinajstić information content (AvgIpc) is 2.60. The average molecular weight is 336 g/mol. The summed E-state index contributed by atoms with van der Waals surface area (Å²) < 4.78 is 13.9. The monoisotopic (exact) mass is 334 g/mol. The summed E-state index contributed by atoms with van der Waals surface area (Å²) in [6.07, 6.45) is 4.75. The zero-order chi connectivity index (χ0) is 10.8. The summed E-state index contributed by atoms with van der Waals surface area (Å²) in [4.78, 5) is 0.604. The fraction of sp³-hybridized carbons (Fsp3) is 0.500. The van der Waals surface area contributed by atoms with Crippen LogP contribution in [0.15, 0.2) is 22.7 Å². The van der Waals surface area contributed by atoms with Crippen molar-refractivity contribution in [1.82, 2.24) is 0 Å². The fourth-order valence-corrected chi connectivity index (χ4v) is 3.41. The molecule has 3 heteroatoms. The molecule has 0 heterocycles. The van der Waals surface area contributed by atoms with Crippen LogP contribution in [0.1, 0.15) is 24.8 Å². The Balaban J connectivity index is 2.13. The Labute approximate surface area is 107 Å². The molecule has 2 rings (SSSR count). The molecule has 0 radical (unpaired) electrons. The van der Waals surface area contributed by atoms with Crippen molar-refractivity contribution in [1.29, 1.82) is 0 Å². The Hall–Kier alpha value is 0.110. The van der Waals surface area contributed by atoms with E-state index in [1.54, 1.807) is 6.07 Å². The summed E-state index contributed by atoms with van der Waals surface area (Å²) >= 11 is 7.01. The summed E-state index contributed by atoms with van der Waals surface area (Å²) in [6.45, 7) is 0. The van der Waals surface area contributed by atoms with E-state index in [0.717, 1.165) is 12.0 Å². The fourth-order valence-electron chi connectivity index (χ4n) is 2.21. The van der Waals surface area contributed by atoms with E-state index < -0.39 is 0 Å². The van der Waals surface area contributed by atoms with E-state index >= 15 is 0 Å². The molecule has 0 nitrogen and oxygen atoms in total. The minimum atomic E-state index is -0.156. The number of hydrogen-bond donors (Lipinski definition) is 0. The lowest BCUT2D eigenvalue weighted by atomic mass is 9.98. The minimum Gasteiger partial charge on any atom is -0.206 e. The topological polar surface area (TPSA) is 0 Å². The summed E-state index contributed by atoms with van der Waals surface area (Å²) in [5, 5.41) is 0. The number of benzene rings is 1. The highest BCUT2D eigenvalue weighted by atomic mass is 79.9. The molecule has 0 aliphatic heterocycles. The van der Waals surface area contributed by atoms with Gasteiger partial charge in [-0.1, -0.05) is 34.5 Å². The van der Waals surface area contributed by atoms with Crippen LogP contribution in [-0.2, 0) is 6.42 Å². The van der Waals surface area contributed by atoms with Gasteiger partial charge in [-0.05, 0) is 52.7 Å². The molecular formula is C12H13Br2F. The van der Waals surface area contributed by atoms with Crippen LogP contribution < -0.4 is 0 Å². The molecule has 0 N–H and O–H groups in total. The molecule has 82 valence electrons. The lowest BCUT2D eigenvalue weighted by molar-refractivity contribution is 0.555. The van der Waals surface area contributed by atoms with Crippen LogP contribution in [0, 0.1) is 11.7 Å². The lowest BCUT2D eigenvalue weighted by Gasteiger charge is -2.14. The van der Waals surface area contributed by atoms with E-state index in [0.29, 0.717) is 15.2 Å². The molecule has 0 saturated heterocycles. The number of rotatable bonds is 2. The molecule has 15 heavy (non-hydrogen) atoms. The first-order valence-corrected chi connectivity index (χ1v) is 6.96. The predicted molar refractivity (Wildman–Crippen MR) is 67.9 cm³/mol. The third-order valence-corrected chi connectivity index (χ3v) is 5.17. The van der Waals surface area contributed by atoms with Gasteiger partial charge in [0.25, 0.3) is 0 Å². The smallest absolute Gasteiger partial charge is 0.137 e. The Morgan fingerprint density at radius 1 is 1.33 bits per heavy atom. The number of hydrogen-bond acceptors (Lipinski definition) is 0. The Kier molecular flexibility index (Phi) is 3.83. The summed E-state index contributed by atoms with van der Waals surface area (Å²) in [5.41, 5.74) is 1.09. The van der Waals surface area contributed by atoms with Crippen LogP contribution in [0.25, 0.3) is 0 Å². The minimum absolute atomic E-state index is 0.156. The maximum atomic E-state index is 13.3. The van der Waals surface area contributed by atoms with Gasteiger partial charge in [0.2, 0.25) is 0 Å². The normalized spacial score (nSPS) is 25.8. The van der Waals surface area contributed by atoms with Crippen molar-refractivity contribution < 1.29 is 4.39 Å². The van der Waals surface area contributed by atoms with Crippen molar-refractivity contribution in [3.8, 4) is 0 Å². The van der Waals surface area contributed by atoms with Gasteiger partial charge >= 0.3 is 0 Å². The van der Waals surface area contributed by atoms with Crippen molar-refractivity contribution >= 4 is 31.9 Å². The van der Waals surface area contributed by atoms with E-state index in [9.17, 15) is 4.39 Å². The second-order valence-corrected chi connectivity index (χ2v) is 6.09. The quantitative estimate of drug-likeness (QED) is 0.687. The summed E-state index contributed by atoms with van der Waals surface area (Å²) in [7, 11) is 0. The van der Waals surface area contributed by atoms with E-state index in [-0.39, 0.29) is 5.82 Å². The van der Waals surface area contributed by atoms with Crippen LogP contribution in [0.2, 0.25) is 0 Å². The molecule has 0 bridgehead atoms. The molecule has 0 aromatic heterocycles. The van der Waals surface area contributed by atoms with Gasteiger partial charge in [-0.15, -0.1) is 0 Å². The molecular weight excluding hydrogens is 323 g/mol. The first-order chi connectivity index (χ1) is 7.18. The van der Waals surface area contributed by atoms with E-state index in [1.165, 1.54) is 25.3 Å². The summed E-state index contributed by atoms with van der Waals surface area (Å²) in [6, 6.07) is 5.28. The van der Waals surface area contributed by atoms with Gasteiger partial charge < -0.3 is 0 Å². The van der Waals surface area contributed by atoms with E-state index in [1.807, 2.05) is 6.07 Å². The molecule has 2 atom stereocenters. The highest BCUT2D eigenvalue weighted by Crippen LogP contribution is 2.35. The van der Waals surface area contributed by atoms with Crippen molar-refractivity contribution in [2.45, 2.75) is 30.5 Å². The summed E-state index contributed by atoms with van der Waals surface area (Å²) in [5.74, 6) is 0.500. The van der Waals surface area contributed by atoms with Gasteiger partial charge in [0.15, 0.2) is 0 Å². The lowest BCUT2D eigenvalue weighted by Crippen LogP contribution is -2.10. The van der Waals surface area contributed by atoms with Crippen LogP contribution >= 0.6 is 31.9 Å². The Morgan fingerprint density at radius 3 is 2.80 bits per heavy atom. The van der Waals surface area contributed by atoms with Gasteiger partial charge in [-0.25, -0.2) is 4.39 Å². The third-order valence-electron chi connectivity index (χ3n) is 3.08. The molecule has 1 aliphatic carbocycles. The van der Waals surface area contributed by atoms with Crippen molar-refractivity contribution in [3.63, 3.8) is 0 Å². The van der Waals surface area contributed by atoms with Gasteiger partial charge in [0.05, 0.1) is 4.47 Å². The standard InChI is InChI=1S/C12H13Br2F/c13-10-5-1-3-8(10)7-9-4-2-6-11(15)12(9)14/h2,4,6,8,10H,1,3,5,7H2.